The van der Waals surface area contributed by atoms with Gasteiger partial charge < -0.3 is 4.90 Å². The van der Waals surface area contributed by atoms with E-state index in [9.17, 15) is 10.1 Å². The zero-order valence-electron chi connectivity index (χ0n) is 12.9. The zero-order chi connectivity index (χ0) is 16.5. The molecule has 4 heterocycles. The highest BCUT2D eigenvalue weighted by Gasteiger charge is 2.28. The third-order valence-electron chi connectivity index (χ3n) is 4.46. The smallest absolute Gasteiger partial charge is 0.311 e. The lowest BCUT2D eigenvalue weighted by molar-refractivity contribution is -0.384. The molecule has 122 valence electrons. The Morgan fingerprint density at radius 1 is 1.12 bits per heavy atom. The van der Waals surface area contributed by atoms with Crippen molar-refractivity contribution in [2.45, 2.75) is 18.8 Å². The van der Waals surface area contributed by atoms with Crippen molar-refractivity contribution < 1.29 is 4.92 Å². The Labute approximate surface area is 137 Å². The zero-order valence-corrected chi connectivity index (χ0v) is 12.9. The number of hydrogen-bond acceptors (Lipinski definition) is 6. The number of pyridine rings is 2. The van der Waals surface area contributed by atoms with Crippen molar-refractivity contribution in [3.8, 4) is 0 Å². The van der Waals surface area contributed by atoms with Crippen molar-refractivity contribution in [1.29, 1.82) is 0 Å². The van der Waals surface area contributed by atoms with Gasteiger partial charge in [-0.15, -0.1) is 10.2 Å². The maximum Gasteiger partial charge on any atom is 0.311 e. The molecule has 24 heavy (non-hydrogen) atoms. The first kappa shape index (κ1) is 14.6. The number of nitrogens with zero attached hydrogens (tertiary/aromatic N) is 6. The molecule has 0 aromatic carbocycles. The highest BCUT2D eigenvalue weighted by atomic mass is 16.6. The third-order valence-corrected chi connectivity index (χ3v) is 4.46. The second kappa shape index (κ2) is 5.88. The van der Waals surface area contributed by atoms with Crippen molar-refractivity contribution in [2.75, 3.05) is 18.0 Å². The lowest BCUT2D eigenvalue weighted by atomic mass is 9.96. The minimum Gasteiger partial charge on any atom is -0.351 e. The fourth-order valence-electron chi connectivity index (χ4n) is 3.26. The Kier molecular flexibility index (Phi) is 3.56. The first-order chi connectivity index (χ1) is 11.7. The van der Waals surface area contributed by atoms with E-state index in [0.717, 1.165) is 24.3 Å². The SMILES string of the molecule is O=[N+]([O-])c1cccnc1N1CCC(c2nnc3ccccn23)CC1. The highest BCUT2D eigenvalue weighted by molar-refractivity contribution is 5.57. The molecule has 0 radical (unpaired) electrons. The van der Waals surface area contributed by atoms with Gasteiger partial charge in [0.05, 0.1) is 4.92 Å². The number of anilines is 1. The molecule has 1 saturated heterocycles. The highest BCUT2D eigenvalue weighted by Crippen LogP contribution is 2.32. The summed E-state index contributed by atoms with van der Waals surface area (Å²) in [5.74, 6) is 1.70. The van der Waals surface area contributed by atoms with Crippen molar-refractivity contribution in [2.24, 2.45) is 0 Å². The molecule has 3 aromatic rings. The van der Waals surface area contributed by atoms with Crippen LogP contribution in [0.5, 0.6) is 0 Å². The molecule has 8 heteroatoms. The Morgan fingerprint density at radius 2 is 1.96 bits per heavy atom. The van der Waals surface area contributed by atoms with Crippen molar-refractivity contribution in [1.82, 2.24) is 19.6 Å². The van der Waals surface area contributed by atoms with Crippen LogP contribution in [-0.4, -0.2) is 37.6 Å². The van der Waals surface area contributed by atoms with Crippen LogP contribution in [0.25, 0.3) is 5.65 Å². The quantitative estimate of drug-likeness (QED) is 0.543. The molecule has 0 unspecified atom stereocenters. The van der Waals surface area contributed by atoms with Crippen LogP contribution in [0, 0.1) is 10.1 Å². The standard InChI is InChI=1S/C16H16N6O2/c23-22(24)13-4-3-8-17-16(13)20-10-6-12(7-11-20)15-19-18-14-5-1-2-9-21(14)15/h1-5,8-9,12H,6-7,10-11H2. The summed E-state index contributed by atoms with van der Waals surface area (Å²) in [6.45, 7) is 1.43. The Morgan fingerprint density at radius 3 is 2.75 bits per heavy atom. The second-order valence-corrected chi connectivity index (χ2v) is 5.85. The van der Waals surface area contributed by atoms with Crippen LogP contribution in [0.15, 0.2) is 42.7 Å². The molecule has 1 aliphatic rings. The predicted molar refractivity (Wildman–Crippen MR) is 88.1 cm³/mol. The summed E-state index contributed by atoms with van der Waals surface area (Å²) in [7, 11) is 0. The lowest BCUT2D eigenvalue weighted by Gasteiger charge is -2.31. The van der Waals surface area contributed by atoms with Gasteiger partial charge in [0.2, 0.25) is 5.82 Å². The van der Waals surface area contributed by atoms with Crippen LogP contribution < -0.4 is 4.90 Å². The van der Waals surface area contributed by atoms with Crippen LogP contribution >= 0.6 is 0 Å². The summed E-state index contributed by atoms with van der Waals surface area (Å²) < 4.78 is 2.02. The van der Waals surface area contributed by atoms with E-state index in [1.165, 1.54) is 6.07 Å². The number of aromatic nitrogens is 4. The van der Waals surface area contributed by atoms with Gasteiger partial charge in [0.1, 0.15) is 5.82 Å². The fraction of sp³-hybridized carbons (Fsp3) is 0.312. The topological polar surface area (TPSA) is 89.5 Å². The molecule has 0 aliphatic carbocycles. The molecule has 0 bridgehead atoms. The molecule has 3 aromatic heterocycles. The second-order valence-electron chi connectivity index (χ2n) is 5.85. The summed E-state index contributed by atoms with van der Waals surface area (Å²) >= 11 is 0. The fourth-order valence-corrected chi connectivity index (χ4v) is 3.26. The van der Waals surface area contributed by atoms with Gasteiger partial charge in [0, 0.05) is 37.5 Å². The molecule has 0 N–H and O–H groups in total. The maximum absolute atomic E-state index is 11.2. The molecule has 0 spiro atoms. The van der Waals surface area contributed by atoms with Crippen LogP contribution in [0.3, 0.4) is 0 Å². The summed E-state index contributed by atoms with van der Waals surface area (Å²) in [6.07, 6.45) is 5.30. The van der Waals surface area contributed by atoms with Gasteiger partial charge in [0.25, 0.3) is 0 Å². The van der Waals surface area contributed by atoms with Gasteiger partial charge in [-0.05, 0) is 31.0 Å². The van der Waals surface area contributed by atoms with E-state index in [2.05, 4.69) is 15.2 Å². The summed E-state index contributed by atoms with van der Waals surface area (Å²) in [5.41, 5.74) is 0.902. The van der Waals surface area contributed by atoms with Crippen LogP contribution in [-0.2, 0) is 0 Å². The lowest BCUT2D eigenvalue weighted by Crippen LogP contribution is -2.34. The van der Waals surface area contributed by atoms with Crippen LogP contribution in [0.4, 0.5) is 11.5 Å². The van der Waals surface area contributed by atoms with Gasteiger partial charge in [-0.25, -0.2) is 4.98 Å². The third kappa shape index (κ3) is 2.45. The van der Waals surface area contributed by atoms with Gasteiger partial charge in [-0.1, -0.05) is 6.07 Å². The maximum atomic E-state index is 11.2. The monoisotopic (exact) mass is 324 g/mol. The molecule has 1 fully saturated rings. The van der Waals surface area contributed by atoms with E-state index in [0.29, 0.717) is 24.8 Å². The number of fused-ring (bicyclic) bond motifs is 1. The van der Waals surface area contributed by atoms with E-state index >= 15 is 0 Å². The molecule has 8 nitrogen and oxygen atoms in total. The number of piperidine rings is 1. The predicted octanol–water partition coefficient (Wildman–Crippen LogP) is 2.42. The van der Waals surface area contributed by atoms with Crippen molar-refractivity contribution in [3.63, 3.8) is 0 Å². The van der Waals surface area contributed by atoms with E-state index in [-0.39, 0.29) is 10.6 Å². The van der Waals surface area contributed by atoms with Crippen molar-refractivity contribution >= 4 is 17.2 Å². The number of rotatable bonds is 3. The molecule has 1 aliphatic heterocycles. The molecule has 0 saturated carbocycles. The van der Waals surface area contributed by atoms with E-state index in [1.54, 1.807) is 12.3 Å². The minimum atomic E-state index is -0.375. The number of nitro groups is 1. The van der Waals surface area contributed by atoms with E-state index in [1.807, 2.05) is 33.7 Å². The molecular formula is C16H16N6O2. The van der Waals surface area contributed by atoms with Gasteiger partial charge >= 0.3 is 5.69 Å². The normalized spacial score (nSPS) is 15.8. The molecule has 0 atom stereocenters. The minimum absolute atomic E-state index is 0.0591. The van der Waals surface area contributed by atoms with Gasteiger partial charge in [-0.3, -0.25) is 14.5 Å². The molecule has 4 rings (SSSR count). The largest absolute Gasteiger partial charge is 0.351 e. The first-order valence-corrected chi connectivity index (χ1v) is 7.88. The molecule has 0 amide bonds. The van der Waals surface area contributed by atoms with E-state index in [4.69, 9.17) is 0 Å². The average molecular weight is 324 g/mol. The molecular weight excluding hydrogens is 308 g/mol. The summed E-state index contributed by atoms with van der Waals surface area (Å²) in [6, 6.07) is 8.93. The Bertz CT molecular complexity index is 885. The number of hydrogen-bond donors (Lipinski definition) is 0. The van der Waals surface area contributed by atoms with Gasteiger partial charge in [0.15, 0.2) is 5.65 Å². The van der Waals surface area contributed by atoms with Gasteiger partial charge in [-0.2, -0.15) is 0 Å². The van der Waals surface area contributed by atoms with Crippen LogP contribution in [0.2, 0.25) is 0 Å². The Balaban J connectivity index is 1.54. The first-order valence-electron chi connectivity index (χ1n) is 7.88. The van der Waals surface area contributed by atoms with E-state index < -0.39 is 0 Å². The average Bonchev–Trinajstić information content (AvgIpc) is 3.06. The summed E-state index contributed by atoms with van der Waals surface area (Å²) in [5, 5.41) is 19.7. The van der Waals surface area contributed by atoms with Crippen LogP contribution in [0.1, 0.15) is 24.6 Å². The van der Waals surface area contributed by atoms with Crippen molar-refractivity contribution in [3.05, 3.63) is 58.7 Å². The Hall–Kier alpha value is -3.03. The summed E-state index contributed by atoms with van der Waals surface area (Å²) in [4.78, 5) is 17.0.